The molecule has 0 saturated carbocycles. The molecule has 0 fully saturated rings. The third kappa shape index (κ3) is 2.25. The fourth-order valence-corrected chi connectivity index (χ4v) is 4.14. The van der Waals surface area contributed by atoms with Crippen molar-refractivity contribution in [2.45, 2.75) is 45.2 Å². The Hall–Kier alpha value is -1.33. The van der Waals surface area contributed by atoms with Crippen LogP contribution >= 0.6 is 11.3 Å². The van der Waals surface area contributed by atoms with Crippen molar-refractivity contribution >= 4 is 11.3 Å². The van der Waals surface area contributed by atoms with Crippen molar-refractivity contribution in [3.8, 4) is 5.75 Å². The van der Waals surface area contributed by atoms with Crippen molar-refractivity contribution in [2.24, 2.45) is 5.73 Å². The molecule has 108 valence electrons. The first-order chi connectivity index (χ1) is 9.74. The van der Waals surface area contributed by atoms with Crippen LogP contribution in [0.3, 0.4) is 0 Å². The number of ether oxygens (including phenoxy) is 1. The van der Waals surface area contributed by atoms with Gasteiger partial charge in [-0.15, -0.1) is 11.3 Å². The van der Waals surface area contributed by atoms with Gasteiger partial charge in [0.2, 0.25) is 0 Å². The molecule has 0 amide bonds. The SMILES string of the molecule is CCCn1ncc(OC)c1C(N)c1cc2c(s1)CCC2. The van der Waals surface area contributed by atoms with Gasteiger partial charge in [-0.05, 0) is 37.3 Å². The lowest BCUT2D eigenvalue weighted by Crippen LogP contribution is -2.17. The number of hydrogen-bond acceptors (Lipinski definition) is 4. The first-order valence-electron chi connectivity index (χ1n) is 7.21. The Morgan fingerprint density at radius 2 is 2.35 bits per heavy atom. The van der Waals surface area contributed by atoms with Crippen LogP contribution in [0.1, 0.15) is 46.8 Å². The smallest absolute Gasteiger partial charge is 0.161 e. The molecule has 20 heavy (non-hydrogen) atoms. The van der Waals surface area contributed by atoms with Crippen molar-refractivity contribution in [3.05, 3.63) is 33.3 Å². The fraction of sp³-hybridized carbons (Fsp3) is 0.533. The zero-order chi connectivity index (χ0) is 14.1. The number of thiophene rings is 1. The van der Waals surface area contributed by atoms with Crippen LogP contribution in [0.15, 0.2) is 12.3 Å². The highest BCUT2D eigenvalue weighted by molar-refractivity contribution is 7.12. The number of aromatic nitrogens is 2. The molecule has 2 N–H and O–H groups in total. The number of aryl methyl sites for hydroxylation is 3. The van der Waals surface area contributed by atoms with Gasteiger partial charge in [-0.1, -0.05) is 6.92 Å². The molecular weight excluding hydrogens is 270 g/mol. The molecule has 1 unspecified atom stereocenters. The van der Waals surface area contributed by atoms with Crippen LogP contribution in [0, 0.1) is 0 Å². The van der Waals surface area contributed by atoms with E-state index < -0.39 is 0 Å². The normalized spacial score (nSPS) is 15.3. The number of nitrogens with zero attached hydrogens (tertiary/aromatic N) is 2. The molecule has 2 aromatic rings. The zero-order valence-corrected chi connectivity index (χ0v) is 12.9. The Kier molecular flexibility index (Phi) is 3.81. The van der Waals surface area contributed by atoms with Crippen LogP contribution < -0.4 is 10.5 Å². The van der Waals surface area contributed by atoms with Gasteiger partial charge in [0, 0.05) is 16.3 Å². The predicted molar refractivity (Wildman–Crippen MR) is 81.4 cm³/mol. The summed E-state index contributed by atoms with van der Waals surface area (Å²) >= 11 is 1.85. The van der Waals surface area contributed by atoms with E-state index in [2.05, 4.69) is 18.1 Å². The van der Waals surface area contributed by atoms with Gasteiger partial charge < -0.3 is 10.5 Å². The number of nitrogens with two attached hydrogens (primary N) is 1. The summed E-state index contributed by atoms with van der Waals surface area (Å²) in [6, 6.07) is 2.13. The molecule has 2 heterocycles. The molecular formula is C15H21N3OS. The summed E-state index contributed by atoms with van der Waals surface area (Å²) < 4.78 is 7.41. The van der Waals surface area contributed by atoms with E-state index in [1.165, 1.54) is 34.6 Å². The van der Waals surface area contributed by atoms with Gasteiger partial charge in [-0.2, -0.15) is 5.10 Å². The molecule has 3 rings (SSSR count). The lowest BCUT2D eigenvalue weighted by atomic mass is 10.1. The van der Waals surface area contributed by atoms with Crippen LogP contribution in [0.2, 0.25) is 0 Å². The van der Waals surface area contributed by atoms with E-state index in [0.717, 1.165) is 24.4 Å². The Morgan fingerprint density at radius 3 is 3.05 bits per heavy atom. The molecule has 0 bridgehead atoms. The van der Waals surface area contributed by atoms with Crippen LogP contribution in [0.4, 0.5) is 0 Å². The van der Waals surface area contributed by atoms with Gasteiger partial charge in [0.25, 0.3) is 0 Å². The summed E-state index contributed by atoms with van der Waals surface area (Å²) in [5.74, 6) is 0.791. The Bertz CT molecular complexity index is 581. The second-order valence-corrected chi connectivity index (χ2v) is 6.42. The lowest BCUT2D eigenvalue weighted by molar-refractivity contribution is 0.404. The van der Waals surface area contributed by atoms with E-state index in [1.54, 1.807) is 13.3 Å². The van der Waals surface area contributed by atoms with E-state index in [0.29, 0.717) is 0 Å². The summed E-state index contributed by atoms with van der Waals surface area (Å²) in [6.45, 7) is 3.01. The van der Waals surface area contributed by atoms with Gasteiger partial charge in [-0.3, -0.25) is 4.68 Å². The maximum Gasteiger partial charge on any atom is 0.161 e. The van der Waals surface area contributed by atoms with E-state index in [-0.39, 0.29) is 6.04 Å². The second kappa shape index (κ2) is 5.58. The minimum Gasteiger partial charge on any atom is -0.493 e. The van der Waals surface area contributed by atoms with Crippen LogP contribution in [0.25, 0.3) is 0 Å². The number of methoxy groups -OCH3 is 1. The van der Waals surface area contributed by atoms with E-state index in [9.17, 15) is 0 Å². The topological polar surface area (TPSA) is 53.1 Å². The molecule has 0 aromatic carbocycles. The summed E-state index contributed by atoms with van der Waals surface area (Å²) in [7, 11) is 1.68. The molecule has 1 atom stereocenters. The first-order valence-corrected chi connectivity index (χ1v) is 8.03. The highest BCUT2D eigenvalue weighted by Crippen LogP contribution is 2.37. The molecule has 5 heteroatoms. The van der Waals surface area contributed by atoms with Crippen molar-refractivity contribution < 1.29 is 4.74 Å². The van der Waals surface area contributed by atoms with Crippen molar-refractivity contribution in [3.63, 3.8) is 0 Å². The summed E-state index contributed by atoms with van der Waals surface area (Å²) in [5, 5.41) is 4.40. The molecule has 2 aromatic heterocycles. The van der Waals surface area contributed by atoms with Gasteiger partial charge in [0.1, 0.15) is 5.69 Å². The standard InChI is InChI=1S/C15H21N3OS/c1-3-7-18-15(11(19-2)9-17-18)14(16)13-8-10-5-4-6-12(10)20-13/h8-9,14H,3-7,16H2,1-2H3. The van der Waals surface area contributed by atoms with E-state index >= 15 is 0 Å². The van der Waals surface area contributed by atoms with Crippen molar-refractivity contribution in [1.82, 2.24) is 9.78 Å². The molecule has 1 aliphatic carbocycles. The largest absolute Gasteiger partial charge is 0.493 e. The summed E-state index contributed by atoms with van der Waals surface area (Å²) in [5.41, 5.74) is 8.98. The first kappa shape index (κ1) is 13.6. The van der Waals surface area contributed by atoms with Gasteiger partial charge in [0.05, 0.1) is 19.3 Å². The Labute approximate surface area is 123 Å². The number of hydrogen-bond donors (Lipinski definition) is 1. The van der Waals surface area contributed by atoms with Crippen molar-refractivity contribution in [2.75, 3.05) is 7.11 Å². The second-order valence-electron chi connectivity index (χ2n) is 5.25. The molecule has 4 nitrogen and oxygen atoms in total. The van der Waals surface area contributed by atoms with Crippen LogP contribution in [-0.4, -0.2) is 16.9 Å². The van der Waals surface area contributed by atoms with Gasteiger partial charge in [0.15, 0.2) is 5.75 Å². The minimum atomic E-state index is -0.144. The van der Waals surface area contributed by atoms with E-state index in [1.807, 2.05) is 16.0 Å². The number of fused-ring (bicyclic) bond motifs is 1. The van der Waals surface area contributed by atoms with Crippen molar-refractivity contribution in [1.29, 1.82) is 0 Å². The summed E-state index contributed by atoms with van der Waals surface area (Å²) in [6.07, 6.45) is 6.49. The van der Waals surface area contributed by atoms with Crippen LogP contribution in [0.5, 0.6) is 5.75 Å². The molecule has 1 aliphatic rings. The third-order valence-corrected chi connectivity index (χ3v) is 5.19. The molecule has 0 radical (unpaired) electrons. The molecule has 0 spiro atoms. The van der Waals surface area contributed by atoms with Gasteiger partial charge >= 0.3 is 0 Å². The highest BCUT2D eigenvalue weighted by Gasteiger charge is 2.24. The maximum absolute atomic E-state index is 6.50. The maximum atomic E-state index is 6.50. The summed E-state index contributed by atoms with van der Waals surface area (Å²) in [4.78, 5) is 2.74. The fourth-order valence-electron chi connectivity index (χ4n) is 2.88. The average molecular weight is 291 g/mol. The number of rotatable bonds is 5. The quantitative estimate of drug-likeness (QED) is 0.921. The lowest BCUT2D eigenvalue weighted by Gasteiger charge is -2.14. The third-order valence-electron chi connectivity index (χ3n) is 3.87. The monoisotopic (exact) mass is 291 g/mol. The van der Waals surface area contributed by atoms with Crippen LogP contribution in [-0.2, 0) is 19.4 Å². The molecule has 0 aliphatic heterocycles. The Morgan fingerprint density at radius 1 is 1.50 bits per heavy atom. The Balaban J connectivity index is 1.95. The average Bonchev–Trinajstić information content (AvgIpc) is 3.11. The molecule has 0 saturated heterocycles. The van der Waals surface area contributed by atoms with Gasteiger partial charge in [-0.25, -0.2) is 0 Å². The zero-order valence-electron chi connectivity index (χ0n) is 12.1. The highest BCUT2D eigenvalue weighted by atomic mass is 32.1. The minimum absolute atomic E-state index is 0.144. The predicted octanol–water partition coefficient (Wildman–Crippen LogP) is 2.90. The van der Waals surface area contributed by atoms with E-state index in [4.69, 9.17) is 10.5 Å².